The van der Waals surface area contributed by atoms with E-state index in [4.69, 9.17) is 27.9 Å². The highest BCUT2D eigenvalue weighted by atomic mass is 35.5. The van der Waals surface area contributed by atoms with Crippen molar-refractivity contribution in [2.24, 2.45) is 7.05 Å². The van der Waals surface area contributed by atoms with Gasteiger partial charge >= 0.3 is 5.69 Å². The second kappa shape index (κ2) is 9.06. The average Bonchev–Trinajstić information content (AvgIpc) is 3.01. The second-order valence-corrected chi connectivity index (χ2v) is 8.11. The summed E-state index contributed by atoms with van der Waals surface area (Å²) in [4.78, 5) is 29.8. The van der Waals surface area contributed by atoms with Crippen LogP contribution in [0.3, 0.4) is 0 Å². The molecule has 4 aromatic rings. The highest BCUT2D eigenvalue weighted by Crippen LogP contribution is 2.28. The Kier molecular flexibility index (Phi) is 6.21. The zero-order chi connectivity index (χ0) is 22.8. The summed E-state index contributed by atoms with van der Waals surface area (Å²) in [5.41, 5.74) is 3.07. The molecular weight excluding hydrogens is 451 g/mol. The fourth-order valence-electron chi connectivity index (χ4n) is 3.54. The number of halogens is 2. The molecule has 1 N–H and O–H groups in total. The fourth-order valence-corrected chi connectivity index (χ4v) is 4.06. The summed E-state index contributed by atoms with van der Waals surface area (Å²) in [6.07, 6.45) is 1.63. The number of benzene rings is 2. The monoisotopic (exact) mass is 470 g/mol. The number of hydrogen-bond donors (Lipinski definition) is 1. The normalized spacial score (nSPS) is 11.0. The molecule has 0 atom stereocenters. The zero-order valence-corrected chi connectivity index (χ0v) is 18.9. The molecule has 32 heavy (non-hydrogen) atoms. The molecule has 0 unspecified atom stereocenters. The van der Waals surface area contributed by atoms with Gasteiger partial charge in [0.05, 0.1) is 12.6 Å². The fraction of sp³-hybridized carbons (Fsp3) is 0.174. The predicted molar refractivity (Wildman–Crippen MR) is 125 cm³/mol. The lowest BCUT2D eigenvalue weighted by Crippen LogP contribution is -2.32. The van der Waals surface area contributed by atoms with Crippen molar-refractivity contribution in [3.05, 3.63) is 80.8 Å². The van der Waals surface area contributed by atoms with Crippen molar-refractivity contribution in [3.8, 4) is 16.9 Å². The summed E-state index contributed by atoms with van der Waals surface area (Å²) in [5, 5.41) is 3.84. The SMILES string of the molecule is COc1ccccc1CNC(=O)Cn1c(=O)n(C)c2cc(-c3cc(Cl)cc(Cl)c3)cnc21. The molecule has 9 heteroatoms. The lowest BCUT2D eigenvalue weighted by atomic mass is 10.1. The second-order valence-electron chi connectivity index (χ2n) is 7.24. The van der Waals surface area contributed by atoms with Crippen molar-refractivity contribution in [1.82, 2.24) is 19.4 Å². The van der Waals surface area contributed by atoms with E-state index in [0.29, 0.717) is 27.0 Å². The van der Waals surface area contributed by atoms with Gasteiger partial charge in [0.25, 0.3) is 0 Å². The molecule has 0 aliphatic heterocycles. The average molecular weight is 471 g/mol. The van der Waals surface area contributed by atoms with E-state index in [2.05, 4.69) is 10.3 Å². The Bertz CT molecular complexity index is 1360. The lowest BCUT2D eigenvalue weighted by molar-refractivity contribution is -0.121. The van der Waals surface area contributed by atoms with Gasteiger partial charge in [-0.05, 0) is 35.9 Å². The highest BCUT2D eigenvalue weighted by molar-refractivity contribution is 6.35. The number of imidazole rings is 1. The summed E-state index contributed by atoms with van der Waals surface area (Å²) < 4.78 is 8.11. The third-order valence-corrected chi connectivity index (χ3v) is 5.58. The van der Waals surface area contributed by atoms with Crippen molar-refractivity contribution >= 4 is 40.3 Å². The molecule has 0 aliphatic carbocycles. The van der Waals surface area contributed by atoms with Crippen LogP contribution in [0.2, 0.25) is 10.0 Å². The van der Waals surface area contributed by atoms with Crippen LogP contribution >= 0.6 is 23.2 Å². The van der Waals surface area contributed by atoms with Crippen LogP contribution in [0.25, 0.3) is 22.3 Å². The number of hydrogen-bond acceptors (Lipinski definition) is 4. The number of para-hydroxylation sites is 1. The number of ether oxygens (including phenoxy) is 1. The van der Waals surface area contributed by atoms with Crippen molar-refractivity contribution in [2.45, 2.75) is 13.1 Å². The molecule has 7 nitrogen and oxygen atoms in total. The van der Waals surface area contributed by atoms with Gasteiger partial charge in [-0.1, -0.05) is 41.4 Å². The molecule has 2 aromatic heterocycles. The molecule has 0 spiro atoms. The number of fused-ring (bicyclic) bond motifs is 1. The van der Waals surface area contributed by atoms with Gasteiger partial charge in [-0.3, -0.25) is 13.9 Å². The van der Waals surface area contributed by atoms with Gasteiger partial charge in [-0.25, -0.2) is 9.78 Å². The Hall–Kier alpha value is -3.29. The van der Waals surface area contributed by atoms with Crippen molar-refractivity contribution in [3.63, 3.8) is 0 Å². The topological polar surface area (TPSA) is 78.1 Å². The summed E-state index contributed by atoms with van der Waals surface area (Å²) in [6.45, 7) is 0.135. The summed E-state index contributed by atoms with van der Waals surface area (Å²) >= 11 is 12.2. The maximum atomic E-state index is 12.8. The minimum atomic E-state index is -0.332. The van der Waals surface area contributed by atoms with Crippen LogP contribution in [0, 0.1) is 0 Å². The Morgan fingerprint density at radius 2 is 1.81 bits per heavy atom. The summed E-state index contributed by atoms with van der Waals surface area (Å²) in [7, 11) is 3.22. The number of nitrogens with one attached hydrogen (secondary N) is 1. The number of carbonyl (C=O) groups excluding carboxylic acids is 1. The van der Waals surface area contributed by atoms with Crippen LogP contribution in [0.5, 0.6) is 5.75 Å². The van der Waals surface area contributed by atoms with E-state index in [0.717, 1.165) is 16.7 Å². The number of aryl methyl sites for hydroxylation is 1. The van der Waals surface area contributed by atoms with E-state index in [1.165, 1.54) is 9.13 Å². The first kappa shape index (κ1) is 21.9. The molecule has 0 saturated heterocycles. The van der Waals surface area contributed by atoms with E-state index in [1.807, 2.05) is 30.3 Å². The molecule has 164 valence electrons. The maximum Gasteiger partial charge on any atom is 0.330 e. The molecule has 0 fully saturated rings. The van der Waals surface area contributed by atoms with Gasteiger partial charge in [0.1, 0.15) is 12.3 Å². The third kappa shape index (κ3) is 4.35. The first-order chi connectivity index (χ1) is 15.4. The highest BCUT2D eigenvalue weighted by Gasteiger charge is 2.16. The Morgan fingerprint density at radius 3 is 2.53 bits per heavy atom. The molecule has 0 saturated carbocycles. The predicted octanol–water partition coefficient (Wildman–Crippen LogP) is 4.03. The number of pyridine rings is 1. The molecular formula is C23H20Cl2N4O3. The first-order valence-corrected chi connectivity index (χ1v) is 10.5. The first-order valence-electron chi connectivity index (χ1n) is 9.77. The van der Waals surface area contributed by atoms with Gasteiger partial charge in [0.15, 0.2) is 5.65 Å². The van der Waals surface area contributed by atoms with Crippen LogP contribution < -0.4 is 15.7 Å². The molecule has 0 aliphatic rings. The van der Waals surface area contributed by atoms with Gasteiger partial charge in [-0.2, -0.15) is 0 Å². The minimum absolute atomic E-state index is 0.152. The number of methoxy groups -OCH3 is 1. The van der Waals surface area contributed by atoms with Crippen molar-refractivity contribution in [1.29, 1.82) is 0 Å². The summed E-state index contributed by atoms with van der Waals surface area (Å²) in [5.74, 6) is 0.378. The van der Waals surface area contributed by atoms with Gasteiger partial charge in [-0.15, -0.1) is 0 Å². The van der Waals surface area contributed by atoms with Gasteiger partial charge in [0, 0.05) is 41.0 Å². The molecule has 0 bridgehead atoms. The lowest BCUT2D eigenvalue weighted by Gasteiger charge is -2.10. The molecule has 2 aromatic carbocycles. The van der Waals surface area contributed by atoms with Crippen molar-refractivity contribution in [2.75, 3.05) is 7.11 Å². The number of carbonyl (C=O) groups is 1. The van der Waals surface area contributed by atoms with Crippen LogP contribution in [0.4, 0.5) is 0 Å². The smallest absolute Gasteiger partial charge is 0.330 e. The van der Waals surface area contributed by atoms with Crippen molar-refractivity contribution < 1.29 is 9.53 Å². The van der Waals surface area contributed by atoms with E-state index in [-0.39, 0.29) is 24.7 Å². The molecule has 2 heterocycles. The van der Waals surface area contributed by atoms with Crippen LogP contribution in [0.15, 0.2) is 59.5 Å². The van der Waals surface area contributed by atoms with Gasteiger partial charge < -0.3 is 10.1 Å². The Labute approximate surface area is 194 Å². The van der Waals surface area contributed by atoms with E-state index < -0.39 is 0 Å². The standard InChI is InChI=1S/C23H20Cl2N4O3/c1-28-19-9-16(15-7-17(24)10-18(25)8-15)12-27-22(19)29(23(28)31)13-21(30)26-11-14-5-3-4-6-20(14)32-2/h3-10,12H,11,13H2,1-2H3,(H,26,30). The minimum Gasteiger partial charge on any atom is -0.496 e. The molecule has 0 radical (unpaired) electrons. The number of aromatic nitrogens is 3. The van der Waals surface area contributed by atoms with Gasteiger partial charge in [0.2, 0.25) is 5.91 Å². The van der Waals surface area contributed by atoms with E-state index in [1.54, 1.807) is 38.6 Å². The van der Waals surface area contributed by atoms with Crippen LogP contribution in [-0.2, 0) is 24.9 Å². The zero-order valence-electron chi connectivity index (χ0n) is 17.4. The van der Waals surface area contributed by atoms with Crippen LogP contribution in [-0.4, -0.2) is 27.1 Å². The largest absolute Gasteiger partial charge is 0.496 e. The maximum absolute atomic E-state index is 12.8. The number of rotatable bonds is 6. The summed E-state index contributed by atoms with van der Waals surface area (Å²) in [6, 6.07) is 14.4. The van der Waals surface area contributed by atoms with E-state index in [9.17, 15) is 9.59 Å². The number of amides is 1. The Morgan fingerprint density at radius 1 is 1.09 bits per heavy atom. The molecule has 4 rings (SSSR count). The Balaban J connectivity index is 1.60. The third-order valence-electron chi connectivity index (χ3n) is 5.15. The number of nitrogens with zero attached hydrogens (tertiary/aromatic N) is 3. The molecule has 1 amide bonds. The van der Waals surface area contributed by atoms with Crippen LogP contribution in [0.1, 0.15) is 5.56 Å². The quantitative estimate of drug-likeness (QED) is 0.461. The van der Waals surface area contributed by atoms with E-state index >= 15 is 0 Å².